The molecular formula is C20H23FN10O10P2S. The molecule has 3 aliphatic rings. The average Bonchev–Trinajstić information content (AvgIpc) is 3.72. The molecule has 2 bridgehead atoms. The summed E-state index contributed by atoms with van der Waals surface area (Å²) in [5.41, 5.74) is 11.1. The van der Waals surface area contributed by atoms with Crippen LogP contribution in [-0.2, 0) is 36.7 Å². The fraction of sp³-hybridized carbons (Fsp3) is 0.500. The van der Waals surface area contributed by atoms with Crippen LogP contribution < -0.4 is 17.0 Å². The highest BCUT2D eigenvalue weighted by Gasteiger charge is 2.52. The molecule has 3 saturated heterocycles. The number of imidazole rings is 2. The zero-order chi connectivity index (χ0) is 30.9. The second kappa shape index (κ2) is 11.1. The average molecular weight is 676 g/mol. The number of nitrogen functional groups attached to an aromatic ring is 2. The van der Waals surface area contributed by atoms with Crippen LogP contribution in [0.3, 0.4) is 0 Å². The summed E-state index contributed by atoms with van der Waals surface area (Å²) in [5.74, 6) is -0.167. The molecule has 10 atom stereocenters. The van der Waals surface area contributed by atoms with Crippen LogP contribution >= 0.6 is 27.3 Å². The number of aromatic amines is 1. The Hall–Kier alpha value is -3.04. The number of halogens is 1. The van der Waals surface area contributed by atoms with E-state index in [9.17, 15) is 19.0 Å². The minimum atomic E-state index is -4.38. The first-order chi connectivity index (χ1) is 21.0. The number of aromatic nitrogens is 8. The molecule has 20 nitrogen and oxygen atoms in total. The van der Waals surface area contributed by atoms with Gasteiger partial charge in [0.1, 0.15) is 42.4 Å². The van der Waals surface area contributed by atoms with E-state index in [0.29, 0.717) is 0 Å². The number of ether oxygens (including phenoxy) is 2. The Morgan fingerprint density at radius 2 is 1.77 bits per heavy atom. The van der Waals surface area contributed by atoms with E-state index in [4.69, 9.17) is 39.0 Å². The molecule has 7 heterocycles. The van der Waals surface area contributed by atoms with Crippen molar-refractivity contribution in [1.82, 2.24) is 39.0 Å². The number of hydrogen-bond acceptors (Lipinski definition) is 17. The van der Waals surface area contributed by atoms with Crippen molar-refractivity contribution in [3.63, 3.8) is 0 Å². The monoisotopic (exact) mass is 676 g/mol. The molecule has 4 aromatic heterocycles. The topological polar surface area (TPSA) is 269 Å². The summed E-state index contributed by atoms with van der Waals surface area (Å²) in [4.78, 5) is 34.7. The first-order valence-corrected chi connectivity index (χ1v) is 16.7. The number of nitrogens with two attached hydrogens (primary N) is 2. The number of nitrogens with one attached hydrogen (secondary N) is 1. The predicted octanol–water partition coefficient (Wildman–Crippen LogP) is -0.138. The van der Waals surface area contributed by atoms with Crippen molar-refractivity contribution < 1.29 is 46.2 Å². The maximum absolute atomic E-state index is 15.9. The molecule has 0 aliphatic carbocycles. The van der Waals surface area contributed by atoms with Crippen molar-refractivity contribution in [3.8, 4) is 0 Å². The third-order valence-electron chi connectivity index (χ3n) is 7.22. The number of rotatable bonds is 2. The molecule has 0 saturated carbocycles. The third kappa shape index (κ3) is 5.10. The highest BCUT2D eigenvalue weighted by molar-refractivity contribution is 8.44. The maximum atomic E-state index is 15.9. The van der Waals surface area contributed by atoms with E-state index >= 15 is 4.39 Å². The van der Waals surface area contributed by atoms with Crippen LogP contribution in [0, 0.1) is 0 Å². The largest absolute Gasteiger partial charge is 0.387 e. The van der Waals surface area contributed by atoms with Gasteiger partial charge in [0.2, 0.25) is 5.95 Å². The molecule has 0 radical (unpaired) electrons. The summed E-state index contributed by atoms with van der Waals surface area (Å²) in [7, 11) is -3.46. The van der Waals surface area contributed by atoms with Crippen molar-refractivity contribution >= 4 is 61.4 Å². The number of nitrogens with zero attached hydrogens (tertiary/aromatic N) is 7. The number of fused-ring (bicyclic) bond motifs is 5. The van der Waals surface area contributed by atoms with Gasteiger partial charge in [-0.3, -0.25) is 32.5 Å². The standard InChI is InChI=1S/C20H23FN10O10P2S/c21-8-12-7(39-18(8)30-4-26-9-14(22)24-3-25-15(9)30)2-37-43(35,44)41-13-11(32)6(1-36-42(34)40-12)38-19(13)31-5-27-10-16(31)28-20(23)29-17(10)33/h3-8,11-13,18-19,32,42H,1-2H2,(H,35,44)(H2,22,24,25)(H3,23,28,29,33)/t6?,7?,8?,11?,12?,13?,18?,19?,43-/m1/s1. The summed E-state index contributed by atoms with van der Waals surface area (Å²) in [6.45, 7) is -5.54. The van der Waals surface area contributed by atoms with Gasteiger partial charge in [-0.2, -0.15) is 4.98 Å². The van der Waals surface area contributed by atoms with Crippen LogP contribution in [0.4, 0.5) is 16.2 Å². The highest BCUT2D eigenvalue weighted by atomic mass is 32.7. The lowest BCUT2D eigenvalue weighted by Gasteiger charge is -2.25. The SMILES string of the molecule is Nc1nc2c(ncn2C2OC3CO[PH](=O)OC4C(CO[P@@](=O)(S)OC2C3O)OC(n2cnc3c(N)ncnc32)C4F)c(=O)[nH]1. The lowest BCUT2D eigenvalue weighted by Crippen LogP contribution is -2.35. The summed E-state index contributed by atoms with van der Waals surface area (Å²) >= 11 is 4.04. The number of anilines is 2. The van der Waals surface area contributed by atoms with E-state index in [1.165, 1.54) is 28.1 Å². The number of thiol groups is 1. The van der Waals surface area contributed by atoms with Crippen molar-refractivity contribution in [2.45, 2.75) is 49.1 Å². The lowest BCUT2D eigenvalue weighted by atomic mass is 10.1. The first kappa shape index (κ1) is 29.7. The third-order valence-corrected chi connectivity index (χ3v) is 9.70. The first-order valence-electron chi connectivity index (χ1n) is 12.8. The smallest absolute Gasteiger partial charge is 0.386 e. The van der Waals surface area contributed by atoms with Gasteiger partial charge < -0.3 is 35.1 Å². The summed E-state index contributed by atoms with van der Waals surface area (Å²) in [6, 6.07) is 0. The molecule has 3 fully saturated rings. The van der Waals surface area contributed by atoms with Gasteiger partial charge in [0.25, 0.3) is 5.56 Å². The Labute approximate surface area is 249 Å². The number of H-pyrrole nitrogens is 1. The Bertz CT molecular complexity index is 1880. The molecule has 0 spiro atoms. The van der Waals surface area contributed by atoms with Gasteiger partial charge in [-0.25, -0.2) is 28.9 Å². The molecule has 6 N–H and O–H groups in total. The van der Waals surface area contributed by atoms with Gasteiger partial charge in [-0.1, -0.05) is 12.2 Å². The van der Waals surface area contributed by atoms with E-state index < -0.39 is 83.0 Å². The van der Waals surface area contributed by atoms with Crippen LogP contribution in [0.5, 0.6) is 0 Å². The molecule has 0 amide bonds. The van der Waals surface area contributed by atoms with E-state index in [2.05, 4.69) is 42.2 Å². The molecule has 236 valence electrons. The van der Waals surface area contributed by atoms with E-state index in [-0.39, 0.29) is 34.1 Å². The van der Waals surface area contributed by atoms with Crippen LogP contribution in [0.15, 0.2) is 23.8 Å². The molecular weight excluding hydrogens is 653 g/mol. The van der Waals surface area contributed by atoms with E-state index in [1.54, 1.807) is 0 Å². The summed E-state index contributed by atoms with van der Waals surface area (Å²) < 4.78 is 78.3. The van der Waals surface area contributed by atoms with E-state index in [0.717, 1.165) is 0 Å². The van der Waals surface area contributed by atoms with Crippen molar-refractivity contribution in [2.75, 3.05) is 24.7 Å². The van der Waals surface area contributed by atoms with Gasteiger partial charge in [-0.15, -0.1) is 0 Å². The highest BCUT2D eigenvalue weighted by Crippen LogP contribution is 2.57. The fourth-order valence-electron chi connectivity index (χ4n) is 5.22. The zero-order valence-corrected chi connectivity index (χ0v) is 24.7. The van der Waals surface area contributed by atoms with Crippen molar-refractivity contribution in [1.29, 1.82) is 0 Å². The maximum Gasteiger partial charge on any atom is 0.386 e. The molecule has 3 aliphatic heterocycles. The lowest BCUT2D eigenvalue weighted by molar-refractivity contribution is -0.0564. The minimum absolute atomic E-state index is 0.0344. The number of alkyl halides is 1. The Morgan fingerprint density at radius 3 is 2.57 bits per heavy atom. The van der Waals surface area contributed by atoms with Gasteiger partial charge in [-0.05, 0) is 0 Å². The zero-order valence-electron chi connectivity index (χ0n) is 21.9. The molecule has 9 unspecified atom stereocenters. The summed E-state index contributed by atoms with van der Waals surface area (Å²) in [6.07, 6.45) is -8.23. The quantitative estimate of drug-likeness (QED) is 0.137. The molecule has 4 aromatic rings. The van der Waals surface area contributed by atoms with Crippen molar-refractivity contribution in [3.05, 3.63) is 29.3 Å². The van der Waals surface area contributed by atoms with Crippen LogP contribution in [0.1, 0.15) is 12.5 Å². The van der Waals surface area contributed by atoms with Gasteiger partial charge in [0, 0.05) is 0 Å². The minimum Gasteiger partial charge on any atom is -0.387 e. The number of aliphatic hydroxyl groups is 1. The normalized spacial score (nSPS) is 36.6. The van der Waals surface area contributed by atoms with Gasteiger partial charge >= 0.3 is 15.1 Å². The molecule has 7 rings (SSSR count). The number of hydrogen-bond donors (Lipinski definition) is 5. The van der Waals surface area contributed by atoms with E-state index in [1.807, 2.05) is 0 Å². The Kier molecular flexibility index (Phi) is 7.47. The Balaban J connectivity index is 1.18. The second-order valence-electron chi connectivity index (χ2n) is 9.90. The van der Waals surface area contributed by atoms with Crippen LogP contribution in [0.25, 0.3) is 22.3 Å². The molecule has 44 heavy (non-hydrogen) atoms. The molecule has 24 heteroatoms. The fourth-order valence-corrected chi connectivity index (χ4v) is 7.55. The predicted molar refractivity (Wildman–Crippen MR) is 148 cm³/mol. The van der Waals surface area contributed by atoms with Crippen molar-refractivity contribution in [2.24, 2.45) is 0 Å². The summed E-state index contributed by atoms with van der Waals surface area (Å²) in [5, 5.41) is 11.1. The van der Waals surface area contributed by atoms with Crippen LogP contribution in [0.2, 0.25) is 0 Å². The number of aliphatic hydroxyl groups excluding tert-OH is 1. The van der Waals surface area contributed by atoms with Crippen LogP contribution in [-0.4, -0.2) is 94.0 Å². The van der Waals surface area contributed by atoms with Gasteiger partial charge in [0.05, 0.1) is 25.9 Å². The second-order valence-corrected chi connectivity index (χ2v) is 13.8. The molecule has 0 aromatic carbocycles. The Morgan fingerprint density at radius 1 is 1.05 bits per heavy atom. The van der Waals surface area contributed by atoms with Gasteiger partial charge in [0.15, 0.2) is 41.3 Å².